The normalized spacial score (nSPS) is 15.2. The maximum Gasteiger partial charge on any atom is 0.242 e. The predicted octanol–water partition coefficient (Wildman–Crippen LogP) is -1.25. The Balaban J connectivity index is 4.37. The number of amides is 2. The summed E-state index contributed by atoms with van der Waals surface area (Å²) in [4.78, 5) is 44.2. The molecule has 0 spiro atoms. The summed E-state index contributed by atoms with van der Waals surface area (Å²) in [6.07, 6.45) is 0.916. The fraction of sp³-hybridized carbons (Fsp3) is 0.667. The Labute approximate surface area is 112 Å². The van der Waals surface area contributed by atoms with E-state index in [2.05, 4.69) is 10.6 Å². The fourth-order valence-corrected chi connectivity index (χ4v) is 1.24. The van der Waals surface area contributed by atoms with Crippen LogP contribution in [0.15, 0.2) is 0 Å². The molecule has 0 aromatic heterocycles. The van der Waals surface area contributed by atoms with Gasteiger partial charge >= 0.3 is 0 Å². The van der Waals surface area contributed by atoms with E-state index in [1.807, 2.05) is 0 Å². The summed E-state index contributed by atoms with van der Waals surface area (Å²) in [5.74, 6) is -1.02. The molecule has 3 atom stereocenters. The lowest BCUT2D eigenvalue weighted by atomic mass is 10.0. The van der Waals surface area contributed by atoms with Crippen LogP contribution < -0.4 is 16.4 Å². The second-order valence-electron chi connectivity index (χ2n) is 4.65. The third kappa shape index (κ3) is 6.10. The summed E-state index contributed by atoms with van der Waals surface area (Å²) in [6.45, 7) is 5.06. The van der Waals surface area contributed by atoms with Crippen molar-refractivity contribution in [1.29, 1.82) is 0 Å². The minimum absolute atomic E-state index is 0.0481. The Morgan fingerprint density at radius 2 is 1.68 bits per heavy atom. The highest BCUT2D eigenvalue weighted by molar-refractivity contribution is 5.90. The van der Waals surface area contributed by atoms with Crippen LogP contribution in [0.5, 0.6) is 0 Å². The molecule has 0 bridgehead atoms. The summed E-state index contributed by atoms with van der Waals surface area (Å²) >= 11 is 0. The lowest BCUT2D eigenvalue weighted by Crippen LogP contribution is -2.53. The molecule has 19 heavy (non-hydrogen) atoms. The van der Waals surface area contributed by atoms with E-state index in [9.17, 15) is 19.2 Å². The first-order valence-corrected chi connectivity index (χ1v) is 6.08. The van der Waals surface area contributed by atoms with Gasteiger partial charge in [0.25, 0.3) is 0 Å². The molecule has 7 nitrogen and oxygen atoms in total. The van der Waals surface area contributed by atoms with Gasteiger partial charge in [-0.15, -0.1) is 0 Å². The van der Waals surface area contributed by atoms with Crippen molar-refractivity contribution in [2.24, 2.45) is 11.7 Å². The van der Waals surface area contributed by atoms with Gasteiger partial charge in [-0.2, -0.15) is 0 Å². The van der Waals surface area contributed by atoms with Gasteiger partial charge in [0.05, 0.1) is 12.1 Å². The third-order valence-corrected chi connectivity index (χ3v) is 2.62. The Hall–Kier alpha value is -1.76. The zero-order valence-corrected chi connectivity index (χ0v) is 11.4. The van der Waals surface area contributed by atoms with Crippen molar-refractivity contribution in [3.63, 3.8) is 0 Å². The first kappa shape index (κ1) is 17.2. The minimum atomic E-state index is -0.872. The predicted molar refractivity (Wildman–Crippen MR) is 69.1 cm³/mol. The molecule has 0 heterocycles. The number of carbonyl (C=O) groups excluding carboxylic acids is 4. The quantitative estimate of drug-likeness (QED) is 0.476. The third-order valence-electron chi connectivity index (χ3n) is 2.62. The first-order valence-electron chi connectivity index (χ1n) is 6.08. The molecule has 0 radical (unpaired) electrons. The van der Waals surface area contributed by atoms with Crippen LogP contribution in [0, 0.1) is 5.92 Å². The summed E-state index contributed by atoms with van der Waals surface area (Å²) in [7, 11) is 0. The van der Waals surface area contributed by atoms with Gasteiger partial charge in [0.1, 0.15) is 18.6 Å². The van der Waals surface area contributed by atoms with E-state index in [0.717, 1.165) is 0 Å². The van der Waals surface area contributed by atoms with Crippen molar-refractivity contribution >= 4 is 24.4 Å². The largest absolute Gasteiger partial charge is 0.344 e. The monoisotopic (exact) mass is 271 g/mol. The molecule has 0 rings (SSSR count). The molecule has 0 unspecified atom stereocenters. The standard InChI is InChI=1S/C12H21N3O4/c1-7(2)10(13)12(19)14-8(3)11(18)15-9(6-17)4-5-16/h5-10H,4,13H2,1-3H3,(H,14,19)(H,15,18)/t8-,9-,10-/m0/s1. The summed E-state index contributed by atoms with van der Waals surface area (Å²) < 4.78 is 0. The maximum absolute atomic E-state index is 11.7. The van der Waals surface area contributed by atoms with Crippen molar-refractivity contribution < 1.29 is 19.2 Å². The molecule has 0 fully saturated rings. The summed E-state index contributed by atoms with van der Waals surface area (Å²) in [5, 5.41) is 4.80. The van der Waals surface area contributed by atoms with Gasteiger partial charge in [0, 0.05) is 6.42 Å². The van der Waals surface area contributed by atoms with Crippen molar-refractivity contribution in [3.05, 3.63) is 0 Å². The van der Waals surface area contributed by atoms with Crippen LogP contribution in [0.3, 0.4) is 0 Å². The molecule has 0 aliphatic heterocycles. The van der Waals surface area contributed by atoms with Crippen LogP contribution >= 0.6 is 0 Å². The van der Waals surface area contributed by atoms with Gasteiger partial charge in [-0.3, -0.25) is 9.59 Å². The smallest absolute Gasteiger partial charge is 0.242 e. The minimum Gasteiger partial charge on any atom is -0.344 e. The van der Waals surface area contributed by atoms with Crippen molar-refractivity contribution in [3.8, 4) is 0 Å². The number of nitrogens with one attached hydrogen (secondary N) is 2. The molecule has 7 heteroatoms. The maximum atomic E-state index is 11.7. The van der Waals surface area contributed by atoms with Crippen LogP contribution in [-0.2, 0) is 19.2 Å². The second-order valence-corrected chi connectivity index (χ2v) is 4.65. The van der Waals surface area contributed by atoms with E-state index in [-0.39, 0.29) is 12.3 Å². The average Bonchev–Trinajstić information content (AvgIpc) is 2.36. The zero-order chi connectivity index (χ0) is 15.0. The van der Waals surface area contributed by atoms with E-state index in [1.54, 1.807) is 13.8 Å². The molecule has 0 aromatic carbocycles. The molecule has 4 N–H and O–H groups in total. The van der Waals surface area contributed by atoms with Crippen LogP contribution in [0.2, 0.25) is 0 Å². The van der Waals surface area contributed by atoms with Gasteiger partial charge in [-0.05, 0) is 12.8 Å². The summed E-state index contributed by atoms with van der Waals surface area (Å²) in [6, 6.07) is -2.40. The van der Waals surface area contributed by atoms with Crippen LogP contribution in [0.4, 0.5) is 0 Å². The van der Waals surface area contributed by atoms with E-state index >= 15 is 0 Å². The molecule has 2 amide bonds. The fourth-order valence-electron chi connectivity index (χ4n) is 1.24. The molecular weight excluding hydrogens is 250 g/mol. The Bertz CT molecular complexity index is 344. The lowest BCUT2D eigenvalue weighted by Gasteiger charge is -2.20. The van der Waals surface area contributed by atoms with E-state index < -0.39 is 29.9 Å². The highest BCUT2D eigenvalue weighted by atomic mass is 16.2. The second kappa shape index (κ2) is 8.36. The van der Waals surface area contributed by atoms with Crippen LogP contribution in [0.25, 0.3) is 0 Å². The average molecular weight is 271 g/mol. The van der Waals surface area contributed by atoms with Crippen molar-refractivity contribution in [2.45, 2.75) is 45.3 Å². The lowest BCUT2D eigenvalue weighted by molar-refractivity contribution is -0.130. The molecule has 0 saturated heterocycles. The Kier molecular flexibility index (Phi) is 7.59. The zero-order valence-electron chi connectivity index (χ0n) is 11.4. The number of nitrogens with two attached hydrogens (primary N) is 1. The number of hydrogen-bond acceptors (Lipinski definition) is 5. The molecule has 0 aromatic rings. The topological polar surface area (TPSA) is 118 Å². The van der Waals surface area contributed by atoms with Crippen molar-refractivity contribution in [2.75, 3.05) is 0 Å². The highest BCUT2D eigenvalue weighted by Gasteiger charge is 2.23. The Morgan fingerprint density at radius 3 is 2.11 bits per heavy atom. The van der Waals surface area contributed by atoms with E-state index in [4.69, 9.17) is 5.73 Å². The number of rotatable bonds is 8. The van der Waals surface area contributed by atoms with Crippen LogP contribution in [-0.4, -0.2) is 42.5 Å². The van der Waals surface area contributed by atoms with Crippen molar-refractivity contribution in [1.82, 2.24) is 10.6 Å². The molecule has 108 valence electrons. The first-order chi connectivity index (χ1) is 8.83. The number of aldehydes is 2. The van der Waals surface area contributed by atoms with Gasteiger partial charge in [-0.1, -0.05) is 13.8 Å². The Morgan fingerprint density at radius 1 is 1.11 bits per heavy atom. The highest BCUT2D eigenvalue weighted by Crippen LogP contribution is 1.98. The SMILES string of the molecule is CC(C)[C@H](N)C(=O)N[C@@H](C)C(=O)N[C@H](C=O)CC=O. The van der Waals surface area contributed by atoms with Gasteiger partial charge in [-0.25, -0.2) is 0 Å². The number of carbonyl (C=O) groups is 4. The van der Waals surface area contributed by atoms with Crippen LogP contribution in [0.1, 0.15) is 27.2 Å². The van der Waals surface area contributed by atoms with Gasteiger partial charge in [0.15, 0.2) is 0 Å². The van der Waals surface area contributed by atoms with E-state index in [1.165, 1.54) is 6.92 Å². The number of hydrogen-bond donors (Lipinski definition) is 3. The van der Waals surface area contributed by atoms with Gasteiger partial charge < -0.3 is 26.0 Å². The van der Waals surface area contributed by atoms with E-state index in [0.29, 0.717) is 12.6 Å². The molecular formula is C12H21N3O4. The molecule has 0 aliphatic rings. The van der Waals surface area contributed by atoms with Gasteiger partial charge in [0.2, 0.25) is 11.8 Å². The summed E-state index contributed by atoms with van der Waals surface area (Å²) in [5.41, 5.74) is 5.64. The molecule has 0 aliphatic carbocycles. The molecule has 0 saturated carbocycles.